The van der Waals surface area contributed by atoms with E-state index in [0.717, 1.165) is 16.2 Å². The molecule has 52 heavy (non-hydrogen) atoms. The molecule has 0 amide bonds. The standard InChI is InChI=1S/C22H18O5.C20H14O4.CH4/c1-2-11-12-7-3-4-8-13(12)16(20(25)18(11)23)17-14-9-5-6-10-15(14)19(24)22(27)21(17)26;21-15-9-11-5-1-3-7-13(11)17(19(15)23)18-14-8-4-2-6-12(14)10-16(22)20(18)24;/h3-10,23-27H,2H2,1H3;1-10,21-24H;1H4. The van der Waals surface area contributed by atoms with Crippen LogP contribution in [0.2, 0.25) is 0 Å². The van der Waals surface area contributed by atoms with Crippen LogP contribution in [0, 0.1) is 0 Å². The van der Waals surface area contributed by atoms with E-state index in [-0.39, 0.29) is 64.2 Å². The molecule has 0 bridgehead atoms. The van der Waals surface area contributed by atoms with Crippen molar-refractivity contribution in [1.82, 2.24) is 0 Å². The molecule has 262 valence electrons. The highest BCUT2D eigenvalue weighted by Crippen LogP contribution is 2.55. The maximum atomic E-state index is 10.8. The number of aromatic hydroxyl groups is 9. The van der Waals surface area contributed by atoms with Gasteiger partial charge < -0.3 is 46.0 Å². The first-order valence-electron chi connectivity index (χ1n) is 16.0. The summed E-state index contributed by atoms with van der Waals surface area (Å²) in [6, 6.07) is 31.3. The highest BCUT2D eigenvalue weighted by Gasteiger charge is 2.26. The predicted octanol–water partition coefficient (Wildman–Crippen LogP) is 9.87. The number of phenols is 9. The van der Waals surface area contributed by atoms with Crippen LogP contribution in [0.15, 0.2) is 109 Å². The monoisotopic (exact) mass is 696 g/mol. The first-order valence-corrected chi connectivity index (χ1v) is 16.0. The van der Waals surface area contributed by atoms with E-state index in [1.807, 2.05) is 43.3 Å². The van der Waals surface area contributed by atoms with Crippen molar-refractivity contribution in [3.63, 3.8) is 0 Å². The highest BCUT2D eigenvalue weighted by molar-refractivity contribution is 6.14. The lowest BCUT2D eigenvalue weighted by Crippen LogP contribution is -1.93. The minimum absolute atomic E-state index is 0. The first-order chi connectivity index (χ1) is 24.5. The molecule has 0 saturated carbocycles. The molecule has 0 aromatic heterocycles. The Balaban J connectivity index is 0.000000176. The molecule has 0 aliphatic carbocycles. The first kappa shape index (κ1) is 34.8. The van der Waals surface area contributed by atoms with Gasteiger partial charge in [0.25, 0.3) is 0 Å². The molecule has 0 atom stereocenters. The number of fused-ring (bicyclic) bond motifs is 4. The number of rotatable bonds is 3. The van der Waals surface area contributed by atoms with Crippen LogP contribution in [0.1, 0.15) is 19.9 Å². The number of phenolic OH excluding ortho intramolecular Hbond substituents is 9. The van der Waals surface area contributed by atoms with Crippen LogP contribution < -0.4 is 0 Å². The van der Waals surface area contributed by atoms with E-state index in [9.17, 15) is 46.0 Å². The Labute approximate surface area is 298 Å². The lowest BCUT2D eigenvalue weighted by Gasteiger charge is -2.19. The molecule has 9 N–H and O–H groups in total. The SMILES string of the molecule is C.CCc1c(O)c(O)c(-c2c(O)c(O)c(O)c3ccccc23)c2ccccc12.Oc1cc2ccccc2c(-c2c(O)c(O)cc3ccccc23)c1O. The van der Waals surface area contributed by atoms with E-state index >= 15 is 0 Å². The van der Waals surface area contributed by atoms with Gasteiger partial charge in [-0.15, -0.1) is 0 Å². The zero-order valence-corrected chi connectivity index (χ0v) is 27.1. The van der Waals surface area contributed by atoms with Gasteiger partial charge in [0.1, 0.15) is 0 Å². The van der Waals surface area contributed by atoms with Crippen LogP contribution in [0.3, 0.4) is 0 Å². The Hall–Kier alpha value is -7.00. The molecule has 0 aliphatic rings. The molecule has 0 heterocycles. The van der Waals surface area contributed by atoms with E-state index in [1.54, 1.807) is 60.7 Å². The molecule has 8 aromatic carbocycles. The summed E-state index contributed by atoms with van der Waals surface area (Å²) >= 11 is 0. The molecule has 0 saturated heterocycles. The van der Waals surface area contributed by atoms with Gasteiger partial charge in [0.15, 0.2) is 46.0 Å². The third kappa shape index (κ3) is 5.36. The van der Waals surface area contributed by atoms with Gasteiger partial charge in [0.05, 0.1) is 0 Å². The summed E-state index contributed by atoms with van der Waals surface area (Å²) in [5.74, 6) is -3.55. The largest absolute Gasteiger partial charge is 0.504 e. The molecule has 0 radical (unpaired) electrons. The van der Waals surface area contributed by atoms with Gasteiger partial charge in [-0.2, -0.15) is 0 Å². The highest BCUT2D eigenvalue weighted by atomic mass is 16.3. The summed E-state index contributed by atoms with van der Waals surface area (Å²) in [7, 11) is 0. The van der Waals surface area contributed by atoms with Gasteiger partial charge >= 0.3 is 0 Å². The van der Waals surface area contributed by atoms with Crippen molar-refractivity contribution in [3.05, 3.63) is 115 Å². The average molecular weight is 697 g/mol. The third-order valence-corrected chi connectivity index (χ3v) is 9.26. The van der Waals surface area contributed by atoms with Gasteiger partial charge in [0, 0.05) is 33.2 Å². The zero-order valence-electron chi connectivity index (χ0n) is 27.1. The van der Waals surface area contributed by atoms with Crippen LogP contribution in [0.5, 0.6) is 51.7 Å². The van der Waals surface area contributed by atoms with Crippen LogP contribution in [-0.2, 0) is 6.42 Å². The molecule has 0 unspecified atom stereocenters. The van der Waals surface area contributed by atoms with Crippen molar-refractivity contribution >= 4 is 43.1 Å². The Kier molecular flexibility index (Phi) is 8.96. The van der Waals surface area contributed by atoms with Crippen LogP contribution in [-0.4, -0.2) is 46.0 Å². The van der Waals surface area contributed by atoms with Crippen molar-refractivity contribution < 1.29 is 46.0 Å². The number of hydrogen-bond acceptors (Lipinski definition) is 9. The molecule has 0 spiro atoms. The topological polar surface area (TPSA) is 182 Å². The lowest BCUT2D eigenvalue weighted by atomic mass is 9.88. The van der Waals surface area contributed by atoms with Crippen LogP contribution >= 0.6 is 0 Å². The van der Waals surface area contributed by atoms with Gasteiger partial charge in [-0.3, -0.25) is 0 Å². The van der Waals surface area contributed by atoms with E-state index in [1.165, 1.54) is 12.1 Å². The third-order valence-electron chi connectivity index (χ3n) is 9.26. The van der Waals surface area contributed by atoms with Crippen molar-refractivity contribution in [2.45, 2.75) is 20.8 Å². The average Bonchev–Trinajstić information content (AvgIpc) is 3.14. The zero-order chi connectivity index (χ0) is 36.1. The van der Waals surface area contributed by atoms with E-state index in [2.05, 4.69) is 0 Å². The fraction of sp³-hybridized carbons (Fsp3) is 0.0698. The maximum Gasteiger partial charge on any atom is 0.201 e. The fourth-order valence-corrected chi connectivity index (χ4v) is 6.89. The maximum absolute atomic E-state index is 10.8. The number of aryl methyl sites for hydroxylation is 1. The van der Waals surface area contributed by atoms with Crippen molar-refractivity contribution in [1.29, 1.82) is 0 Å². The smallest absolute Gasteiger partial charge is 0.201 e. The van der Waals surface area contributed by atoms with Gasteiger partial charge in [0.2, 0.25) is 5.75 Å². The van der Waals surface area contributed by atoms with Crippen LogP contribution in [0.4, 0.5) is 0 Å². The second-order valence-electron chi connectivity index (χ2n) is 12.1. The fourth-order valence-electron chi connectivity index (χ4n) is 6.89. The predicted molar refractivity (Wildman–Crippen MR) is 205 cm³/mol. The van der Waals surface area contributed by atoms with E-state index in [0.29, 0.717) is 38.9 Å². The quantitative estimate of drug-likeness (QED) is 0.0812. The molecule has 8 rings (SSSR count). The number of hydrogen-bond donors (Lipinski definition) is 9. The van der Waals surface area contributed by atoms with Gasteiger partial charge in [-0.25, -0.2) is 0 Å². The molecular formula is C43H36O9. The summed E-state index contributed by atoms with van der Waals surface area (Å²) in [6.45, 7) is 1.87. The minimum Gasteiger partial charge on any atom is -0.504 e. The Morgan fingerprint density at radius 1 is 0.346 bits per heavy atom. The summed E-state index contributed by atoms with van der Waals surface area (Å²) in [6.07, 6.45) is 0.508. The van der Waals surface area contributed by atoms with Crippen molar-refractivity contribution in [3.8, 4) is 74.0 Å². The van der Waals surface area contributed by atoms with E-state index < -0.39 is 17.2 Å². The molecule has 8 aromatic rings. The summed E-state index contributed by atoms with van der Waals surface area (Å²) in [5, 5.41) is 98.5. The molecule has 0 aliphatic heterocycles. The molecule has 9 nitrogen and oxygen atoms in total. The molecule has 9 heteroatoms. The second kappa shape index (κ2) is 13.4. The normalized spacial score (nSPS) is 11.0. The second-order valence-corrected chi connectivity index (χ2v) is 12.1. The van der Waals surface area contributed by atoms with Gasteiger partial charge in [-0.05, 0) is 56.3 Å². The van der Waals surface area contributed by atoms with E-state index in [4.69, 9.17) is 0 Å². The van der Waals surface area contributed by atoms with Crippen molar-refractivity contribution in [2.75, 3.05) is 0 Å². The summed E-state index contributed by atoms with van der Waals surface area (Å²) in [5.41, 5.74) is 1.51. The van der Waals surface area contributed by atoms with Crippen LogP contribution in [0.25, 0.3) is 65.3 Å². The number of benzene rings is 8. The van der Waals surface area contributed by atoms with Gasteiger partial charge in [-0.1, -0.05) is 111 Å². The lowest BCUT2D eigenvalue weighted by molar-refractivity contribution is 0.372. The molecule has 0 fully saturated rings. The summed E-state index contributed by atoms with van der Waals surface area (Å²) < 4.78 is 0. The minimum atomic E-state index is -0.675. The Bertz CT molecular complexity index is 2590. The summed E-state index contributed by atoms with van der Waals surface area (Å²) in [4.78, 5) is 0. The Morgan fingerprint density at radius 3 is 1.15 bits per heavy atom. The van der Waals surface area contributed by atoms with Crippen molar-refractivity contribution in [2.24, 2.45) is 0 Å². The molecular weight excluding hydrogens is 660 g/mol. The Morgan fingerprint density at radius 2 is 0.692 bits per heavy atom.